The molecule has 0 spiro atoms. The van der Waals surface area contributed by atoms with Crippen LogP contribution in [0.4, 0.5) is 0 Å². The Morgan fingerprint density at radius 2 is 0.762 bits per heavy atom. The summed E-state index contributed by atoms with van der Waals surface area (Å²) in [5.74, 6) is -0.901. The monoisotopic (exact) mass is 615 g/mol. The first-order valence-electron chi connectivity index (χ1n) is 18.6. The first-order chi connectivity index (χ1) is 20.3. The van der Waals surface area contributed by atoms with Crippen LogP contribution in [0.2, 0.25) is 0 Å². The third-order valence-electron chi connectivity index (χ3n) is 9.38. The number of unbranched alkanes of at least 4 members (excludes halogenated alkanes) is 20. The van der Waals surface area contributed by atoms with Gasteiger partial charge in [-0.3, -0.25) is 0 Å². The van der Waals surface area contributed by atoms with Gasteiger partial charge in [0.15, 0.2) is 0 Å². The molecule has 0 fully saturated rings. The molecule has 0 bridgehead atoms. The quantitative estimate of drug-likeness (QED) is 0.0582. The fourth-order valence-electron chi connectivity index (χ4n) is 6.64. The van der Waals surface area contributed by atoms with Crippen LogP contribution in [-0.4, -0.2) is 42.6 Å². The van der Waals surface area contributed by atoms with Gasteiger partial charge in [0, 0.05) is 0 Å². The number of nitrogens with two attached hydrogens (primary N) is 2. The van der Waals surface area contributed by atoms with E-state index in [1.807, 2.05) is 0 Å². The van der Waals surface area contributed by atoms with E-state index in [2.05, 4.69) is 27.7 Å². The van der Waals surface area contributed by atoms with Gasteiger partial charge in [-0.25, -0.2) is 0 Å². The van der Waals surface area contributed by atoms with E-state index in [0.29, 0.717) is 0 Å². The van der Waals surface area contributed by atoms with Gasteiger partial charge in [0.1, 0.15) is 0 Å². The van der Waals surface area contributed by atoms with Gasteiger partial charge in [0.25, 0.3) is 0 Å². The minimum absolute atomic E-state index is 0.133. The minimum atomic E-state index is -2.86. The second-order valence-corrected chi connectivity index (χ2v) is 19.2. The van der Waals surface area contributed by atoms with E-state index in [-0.39, 0.29) is 12.4 Å². The summed E-state index contributed by atoms with van der Waals surface area (Å²) in [7, 11) is 0. The molecular weight excluding hydrogens is 539 g/mol. The van der Waals surface area contributed by atoms with Gasteiger partial charge in [-0.1, -0.05) is 13.3 Å². The number of rotatable bonds is 32. The molecule has 0 aliphatic heterocycles. The van der Waals surface area contributed by atoms with Crippen molar-refractivity contribution in [1.82, 2.24) is 0 Å². The number of hydrogen-bond donors (Lipinski definition) is 2. The van der Waals surface area contributed by atoms with Crippen molar-refractivity contribution in [2.45, 2.75) is 194 Å². The summed E-state index contributed by atoms with van der Waals surface area (Å²) in [6, 6.07) is -0.951. The second kappa shape index (κ2) is 26.7. The van der Waals surface area contributed by atoms with Crippen LogP contribution in [0.5, 0.6) is 0 Å². The maximum absolute atomic E-state index is 13.6. The summed E-state index contributed by atoms with van der Waals surface area (Å²) in [5.41, 5.74) is 11.7. The van der Waals surface area contributed by atoms with Crippen molar-refractivity contribution in [2.24, 2.45) is 11.5 Å². The number of amides is 1. The fourth-order valence-corrected chi connectivity index (χ4v) is 13.1. The molecule has 6 heteroatoms. The molecular formula is C36H75N2O3P. The van der Waals surface area contributed by atoms with Gasteiger partial charge in [-0.2, -0.15) is 0 Å². The number of hydrogen-bond acceptors (Lipinski definition) is 4. The van der Waals surface area contributed by atoms with Crippen molar-refractivity contribution in [3.05, 3.63) is 0 Å². The molecule has 42 heavy (non-hydrogen) atoms. The zero-order valence-corrected chi connectivity index (χ0v) is 29.8. The van der Waals surface area contributed by atoms with Crippen molar-refractivity contribution < 1.29 is 14.1 Å². The number of carbonyl (C=O) groups is 2. The van der Waals surface area contributed by atoms with Crippen LogP contribution in [-0.2, 0) is 14.1 Å². The van der Waals surface area contributed by atoms with E-state index in [0.717, 1.165) is 50.3 Å². The third-order valence-corrected chi connectivity index (χ3v) is 15.9. The van der Waals surface area contributed by atoms with Gasteiger partial charge in [-0.15, -0.1) is 0 Å². The molecule has 0 aliphatic rings. The molecule has 0 aromatic heterocycles. The second-order valence-electron chi connectivity index (χ2n) is 13.5. The average molecular weight is 615 g/mol. The van der Waals surface area contributed by atoms with Crippen molar-refractivity contribution >= 4 is 18.7 Å². The Bertz CT molecular complexity index is 624. The molecule has 1 atom stereocenters. The molecule has 0 saturated heterocycles. The zero-order chi connectivity index (χ0) is 31.4. The molecule has 0 unspecified atom stereocenters. The summed E-state index contributed by atoms with van der Waals surface area (Å²) >= 11 is 0. The number of carbonyl (C=O) groups excluding carboxylic acids is 2. The van der Waals surface area contributed by atoms with Gasteiger partial charge in [0.05, 0.1) is 0 Å². The fraction of sp³-hybridized carbons (Fsp3) is 0.944. The summed E-state index contributed by atoms with van der Waals surface area (Å²) in [5, 5.41) is 0. The molecule has 252 valence electrons. The molecule has 0 aromatic carbocycles. The van der Waals surface area contributed by atoms with Crippen LogP contribution >= 0.6 is 6.83 Å². The Balaban J connectivity index is 5.63. The normalized spacial score (nSPS) is 13.5. The Labute approximate surface area is 262 Å². The van der Waals surface area contributed by atoms with Crippen LogP contribution in [0, 0.1) is 0 Å². The summed E-state index contributed by atoms with van der Waals surface area (Å²) in [6.45, 7) is 6.18. The van der Waals surface area contributed by atoms with Gasteiger partial charge >= 0.3 is 250 Å². The van der Waals surface area contributed by atoms with Crippen LogP contribution in [0.1, 0.15) is 188 Å². The van der Waals surface area contributed by atoms with E-state index >= 15 is 0 Å². The first kappa shape index (κ1) is 41.3. The van der Waals surface area contributed by atoms with Crippen molar-refractivity contribution in [2.75, 3.05) is 24.6 Å². The van der Waals surface area contributed by atoms with Gasteiger partial charge in [-0.05, 0) is 0 Å². The molecule has 0 aromatic rings. The van der Waals surface area contributed by atoms with Gasteiger partial charge in [0.2, 0.25) is 0 Å². The van der Waals surface area contributed by atoms with Crippen LogP contribution in [0.25, 0.3) is 0 Å². The predicted molar refractivity (Wildman–Crippen MR) is 188 cm³/mol. The Morgan fingerprint density at radius 1 is 0.500 bits per heavy atom. The van der Waals surface area contributed by atoms with Crippen molar-refractivity contribution in [3.8, 4) is 0 Å². The van der Waals surface area contributed by atoms with E-state index < -0.39 is 18.8 Å². The third kappa shape index (κ3) is 20.3. The molecule has 0 saturated carbocycles. The topological polar surface area (TPSA) is 95.4 Å². The van der Waals surface area contributed by atoms with Crippen molar-refractivity contribution in [1.29, 1.82) is 0 Å². The predicted octanol–water partition coefficient (Wildman–Crippen LogP) is 10.6. The Kier molecular flexibility index (Phi) is 26.3. The van der Waals surface area contributed by atoms with Crippen LogP contribution in [0.15, 0.2) is 0 Å². The summed E-state index contributed by atoms with van der Waals surface area (Å²) in [6.07, 6.45) is 34.2. The van der Waals surface area contributed by atoms with E-state index in [1.54, 1.807) is 0 Å². The van der Waals surface area contributed by atoms with E-state index in [9.17, 15) is 9.59 Å². The molecule has 0 heterocycles. The molecule has 5 nitrogen and oxygen atoms in total. The average Bonchev–Trinajstić information content (AvgIpc) is 2.96. The van der Waals surface area contributed by atoms with Gasteiger partial charge < -0.3 is 0 Å². The maximum atomic E-state index is 13.6. The molecule has 1 amide bonds. The van der Waals surface area contributed by atoms with E-state index in [4.69, 9.17) is 16.0 Å². The Morgan fingerprint density at radius 3 is 1.05 bits per heavy atom. The molecule has 0 rings (SSSR count). The Hall–Kier alpha value is -0.670. The van der Waals surface area contributed by atoms with Crippen molar-refractivity contribution in [3.63, 3.8) is 0 Å². The molecule has 4 N–H and O–H groups in total. The number of primary amides is 1. The van der Waals surface area contributed by atoms with E-state index in [1.165, 1.54) is 128 Å². The van der Waals surface area contributed by atoms with Crippen LogP contribution < -0.4 is 11.5 Å². The summed E-state index contributed by atoms with van der Waals surface area (Å²) in [4.78, 5) is 25.2. The first-order valence-corrected chi connectivity index (χ1v) is 21.5. The molecule has 0 radical (unpaired) electrons. The van der Waals surface area contributed by atoms with Crippen LogP contribution in [0.3, 0.4) is 0 Å². The molecule has 0 aliphatic carbocycles. The standard InChI is InChI=1S/C36H75N2O3P/c1-5-9-13-17-18-19-20-21-22-23-24-28-32-42(29-25-14-10-6-2,30-26-15-11-7-3,31-27-16-12-8-4)41-36(40)34(37)33-35(38)39/h34H,5-33,37H2,1-4H3,(H2,38,39)/t34-/m0/s1. The summed E-state index contributed by atoms with van der Waals surface area (Å²) < 4.78 is 6.89. The zero-order valence-electron chi connectivity index (χ0n) is 28.9. The SMILES string of the molecule is CCCCCCCCCCCCCCP(CCCCCC)(CCCCCC)(CCCCCC)OC(=O)[C@@H](N)CC(N)=O.